The summed E-state index contributed by atoms with van der Waals surface area (Å²) in [5.74, 6) is 1.09. The molecular weight excluding hydrogens is 254 g/mol. The number of anilines is 2. The fourth-order valence-corrected chi connectivity index (χ4v) is 2.77. The van der Waals surface area contributed by atoms with Crippen LogP contribution in [0.15, 0.2) is 12.3 Å². The molecule has 1 fully saturated rings. The zero-order chi connectivity index (χ0) is 14.5. The third kappa shape index (κ3) is 3.21. The van der Waals surface area contributed by atoms with E-state index in [1.807, 2.05) is 0 Å². The summed E-state index contributed by atoms with van der Waals surface area (Å²) < 4.78 is 4.84. The van der Waals surface area contributed by atoms with Gasteiger partial charge in [-0.2, -0.15) is 0 Å². The molecule has 0 aliphatic carbocycles. The number of nitrogens with two attached hydrogens (primary N) is 1. The van der Waals surface area contributed by atoms with Crippen LogP contribution in [-0.2, 0) is 4.74 Å². The molecule has 1 atom stereocenters. The van der Waals surface area contributed by atoms with Crippen LogP contribution in [0.25, 0.3) is 0 Å². The van der Waals surface area contributed by atoms with E-state index in [1.54, 1.807) is 12.3 Å². The van der Waals surface area contributed by atoms with Crippen molar-refractivity contribution in [3.8, 4) is 0 Å². The highest BCUT2D eigenvalue weighted by atomic mass is 16.5. The second kappa shape index (κ2) is 6.59. The number of pyridine rings is 1. The lowest BCUT2D eigenvalue weighted by atomic mass is 9.98. The second-order valence-electron chi connectivity index (χ2n) is 5.32. The summed E-state index contributed by atoms with van der Waals surface area (Å²) in [4.78, 5) is 18.4. The zero-order valence-corrected chi connectivity index (χ0v) is 12.3. The van der Waals surface area contributed by atoms with Crippen molar-refractivity contribution in [2.45, 2.75) is 32.6 Å². The molecular formula is C15H23N3O2. The highest BCUT2D eigenvalue weighted by Gasteiger charge is 2.22. The lowest BCUT2D eigenvalue weighted by Crippen LogP contribution is -2.27. The number of aromatic nitrogens is 1. The molecule has 2 N–H and O–H groups in total. The molecule has 2 rings (SSSR count). The number of hydrogen-bond acceptors (Lipinski definition) is 5. The van der Waals surface area contributed by atoms with Gasteiger partial charge in [0.25, 0.3) is 0 Å². The van der Waals surface area contributed by atoms with E-state index in [0.29, 0.717) is 17.1 Å². The molecule has 0 saturated carbocycles. The molecule has 1 unspecified atom stereocenters. The predicted molar refractivity (Wildman–Crippen MR) is 79.8 cm³/mol. The zero-order valence-electron chi connectivity index (χ0n) is 12.3. The van der Waals surface area contributed by atoms with Gasteiger partial charge in [0.05, 0.1) is 19.0 Å². The van der Waals surface area contributed by atoms with Crippen molar-refractivity contribution in [2.24, 2.45) is 5.92 Å². The molecule has 0 spiro atoms. The van der Waals surface area contributed by atoms with E-state index >= 15 is 0 Å². The number of carbonyl (C=O) groups excluding carboxylic acids is 1. The van der Waals surface area contributed by atoms with E-state index in [2.05, 4.69) is 16.8 Å². The Morgan fingerprint density at radius 2 is 2.30 bits per heavy atom. The maximum Gasteiger partial charge on any atom is 0.341 e. The van der Waals surface area contributed by atoms with Gasteiger partial charge in [0.2, 0.25) is 0 Å². The third-order valence-electron chi connectivity index (χ3n) is 4.02. The van der Waals surface area contributed by atoms with Crippen LogP contribution in [0.4, 0.5) is 11.5 Å². The van der Waals surface area contributed by atoms with E-state index in [9.17, 15) is 4.79 Å². The normalized spacial score (nSPS) is 19.5. The lowest BCUT2D eigenvalue weighted by molar-refractivity contribution is 0.0601. The first-order valence-electron chi connectivity index (χ1n) is 7.24. The largest absolute Gasteiger partial charge is 0.465 e. The quantitative estimate of drug-likeness (QED) is 0.860. The number of methoxy groups -OCH3 is 1. The smallest absolute Gasteiger partial charge is 0.341 e. The summed E-state index contributed by atoms with van der Waals surface area (Å²) in [7, 11) is 1.38. The standard InChI is InChI=1S/C15H23N3O2/c1-3-11-5-4-7-18(8-6-11)14-13(15(19)20-2)9-12(16)10-17-14/h9-11H,3-8,16H2,1-2H3. The van der Waals surface area contributed by atoms with Crippen molar-refractivity contribution in [1.82, 2.24) is 4.98 Å². The number of esters is 1. The number of nitrogen functional groups attached to an aromatic ring is 1. The molecule has 1 aliphatic rings. The van der Waals surface area contributed by atoms with Crippen LogP contribution in [0.1, 0.15) is 43.0 Å². The van der Waals surface area contributed by atoms with Gasteiger partial charge in [-0.05, 0) is 31.2 Å². The highest BCUT2D eigenvalue weighted by Crippen LogP contribution is 2.26. The van der Waals surface area contributed by atoms with Crippen molar-refractivity contribution in [3.63, 3.8) is 0 Å². The first kappa shape index (κ1) is 14.6. The molecule has 0 bridgehead atoms. The fraction of sp³-hybridized carbons (Fsp3) is 0.600. The van der Waals surface area contributed by atoms with Crippen molar-refractivity contribution >= 4 is 17.5 Å². The summed E-state index contributed by atoms with van der Waals surface area (Å²) in [6, 6.07) is 1.65. The van der Waals surface area contributed by atoms with Crippen molar-refractivity contribution in [1.29, 1.82) is 0 Å². The van der Waals surface area contributed by atoms with E-state index in [0.717, 1.165) is 31.8 Å². The van der Waals surface area contributed by atoms with Crippen LogP contribution < -0.4 is 10.6 Å². The Morgan fingerprint density at radius 3 is 3.00 bits per heavy atom. The Hall–Kier alpha value is -1.78. The topological polar surface area (TPSA) is 68.5 Å². The summed E-state index contributed by atoms with van der Waals surface area (Å²) in [5, 5.41) is 0. The predicted octanol–water partition coefficient (Wildman–Crippen LogP) is 2.47. The van der Waals surface area contributed by atoms with Gasteiger partial charge in [0.1, 0.15) is 11.4 Å². The van der Waals surface area contributed by atoms with Crippen molar-refractivity contribution in [2.75, 3.05) is 30.8 Å². The van der Waals surface area contributed by atoms with Gasteiger partial charge in [-0.25, -0.2) is 9.78 Å². The minimum atomic E-state index is -0.379. The van der Waals surface area contributed by atoms with E-state index in [-0.39, 0.29) is 5.97 Å². The molecule has 1 aromatic heterocycles. The molecule has 1 aliphatic heterocycles. The average Bonchev–Trinajstić information content (AvgIpc) is 2.71. The third-order valence-corrected chi connectivity index (χ3v) is 4.02. The number of nitrogens with zero attached hydrogens (tertiary/aromatic N) is 2. The summed E-state index contributed by atoms with van der Waals surface area (Å²) in [5.41, 5.74) is 6.68. The van der Waals surface area contributed by atoms with Crippen LogP contribution >= 0.6 is 0 Å². The number of rotatable bonds is 3. The van der Waals surface area contributed by atoms with Gasteiger partial charge in [-0.3, -0.25) is 0 Å². The Labute approximate surface area is 120 Å². The van der Waals surface area contributed by atoms with Crippen LogP contribution in [0.2, 0.25) is 0 Å². The molecule has 2 heterocycles. The van der Waals surface area contributed by atoms with Gasteiger partial charge in [-0.15, -0.1) is 0 Å². The molecule has 1 saturated heterocycles. The molecule has 20 heavy (non-hydrogen) atoms. The molecule has 0 aromatic carbocycles. The Morgan fingerprint density at radius 1 is 1.50 bits per heavy atom. The maximum atomic E-state index is 11.9. The van der Waals surface area contributed by atoms with Gasteiger partial charge >= 0.3 is 5.97 Å². The first-order chi connectivity index (χ1) is 9.65. The van der Waals surface area contributed by atoms with Crippen molar-refractivity contribution in [3.05, 3.63) is 17.8 Å². The average molecular weight is 277 g/mol. The summed E-state index contributed by atoms with van der Waals surface area (Å²) >= 11 is 0. The Kier molecular flexibility index (Phi) is 4.82. The Bertz CT molecular complexity index is 476. The second-order valence-corrected chi connectivity index (χ2v) is 5.32. The van der Waals surface area contributed by atoms with E-state index in [1.165, 1.54) is 20.0 Å². The van der Waals surface area contributed by atoms with Gasteiger partial charge < -0.3 is 15.4 Å². The lowest BCUT2D eigenvalue weighted by Gasteiger charge is -2.23. The number of carbonyl (C=O) groups is 1. The number of ether oxygens (including phenoxy) is 1. The molecule has 5 heteroatoms. The van der Waals surface area contributed by atoms with Crippen molar-refractivity contribution < 1.29 is 9.53 Å². The molecule has 0 radical (unpaired) electrons. The van der Waals surface area contributed by atoms with Crippen LogP contribution in [-0.4, -0.2) is 31.2 Å². The SMILES string of the molecule is CCC1CCCN(c2ncc(N)cc2C(=O)OC)CC1. The minimum Gasteiger partial charge on any atom is -0.465 e. The molecule has 110 valence electrons. The first-order valence-corrected chi connectivity index (χ1v) is 7.24. The van der Waals surface area contributed by atoms with Crippen LogP contribution in [0, 0.1) is 5.92 Å². The van der Waals surface area contributed by atoms with Gasteiger partial charge in [0, 0.05) is 13.1 Å². The van der Waals surface area contributed by atoms with Crippen LogP contribution in [0.5, 0.6) is 0 Å². The number of hydrogen-bond donors (Lipinski definition) is 1. The van der Waals surface area contributed by atoms with E-state index < -0.39 is 0 Å². The van der Waals surface area contributed by atoms with Crippen LogP contribution in [0.3, 0.4) is 0 Å². The fourth-order valence-electron chi connectivity index (χ4n) is 2.77. The maximum absolute atomic E-state index is 11.9. The summed E-state index contributed by atoms with van der Waals surface area (Å²) in [6.07, 6.45) is 6.33. The van der Waals surface area contributed by atoms with Gasteiger partial charge in [-0.1, -0.05) is 13.3 Å². The summed E-state index contributed by atoms with van der Waals surface area (Å²) in [6.45, 7) is 4.10. The van der Waals surface area contributed by atoms with E-state index in [4.69, 9.17) is 10.5 Å². The molecule has 5 nitrogen and oxygen atoms in total. The monoisotopic (exact) mass is 277 g/mol. The highest BCUT2D eigenvalue weighted by molar-refractivity contribution is 5.95. The van der Waals surface area contributed by atoms with Gasteiger partial charge in [0.15, 0.2) is 0 Å². The molecule has 1 aromatic rings. The molecule has 0 amide bonds. The minimum absolute atomic E-state index is 0.379. The Balaban J connectivity index is 2.25.